The van der Waals surface area contributed by atoms with Crippen LogP contribution < -0.4 is 5.73 Å². The first-order valence-corrected chi connectivity index (χ1v) is 6.29. The SMILES string of the molecule is CC12CC3CC(C1)CC(C(=O)CN)(C3)C2. The maximum Gasteiger partial charge on any atom is 0.152 e. The summed E-state index contributed by atoms with van der Waals surface area (Å²) in [5.41, 5.74) is 6.06. The molecule has 0 heterocycles. The van der Waals surface area contributed by atoms with E-state index >= 15 is 0 Å². The van der Waals surface area contributed by atoms with Gasteiger partial charge in [0.2, 0.25) is 0 Å². The van der Waals surface area contributed by atoms with E-state index in [2.05, 4.69) is 6.92 Å². The summed E-state index contributed by atoms with van der Waals surface area (Å²) in [5, 5.41) is 0. The fraction of sp³-hybridized carbons (Fsp3) is 0.923. The van der Waals surface area contributed by atoms with Crippen molar-refractivity contribution in [3.63, 3.8) is 0 Å². The molecule has 0 saturated heterocycles. The molecule has 0 aliphatic heterocycles. The third-order valence-corrected chi connectivity index (χ3v) is 5.13. The van der Waals surface area contributed by atoms with Crippen molar-refractivity contribution in [2.45, 2.75) is 45.4 Å². The molecule has 2 nitrogen and oxygen atoms in total. The number of rotatable bonds is 2. The highest BCUT2D eigenvalue weighted by molar-refractivity contribution is 5.87. The van der Waals surface area contributed by atoms with Gasteiger partial charge in [0.1, 0.15) is 0 Å². The molecule has 4 fully saturated rings. The van der Waals surface area contributed by atoms with Crippen LogP contribution in [0.15, 0.2) is 0 Å². The molecular formula is C13H21NO. The summed E-state index contributed by atoms with van der Waals surface area (Å²) in [6, 6.07) is 0. The number of Topliss-reactive ketones (excluding diaryl/α,β-unsaturated/α-hetero) is 1. The summed E-state index contributed by atoms with van der Waals surface area (Å²) in [6.07, 6.45) is 7.54. The van der Waals surface area contributed by atoms with Gasteiger partial charge in [-0.15, -0.1) is 0 Å². The molecule has 2 N–H and O–H groups in total. The minimum Gasteiger partial charge on any atom is -0.324 e. The Balaban J connectivity index is 1.96. The van der Waals surface area contributed by atoms with E-state index in [-0.39, 0.29) is 12.0 Å². The van der Waals surface area contributed by atoms with Gasteiger partial charge in [-0.3, -0.25) is 4.79 Å². The van der Waals surface area contributed by atoms with E-state index in [1.807, 2.05) is 0 Å². The van der Waals surface area contributed by atoms with Gasteiger partial charge in [-0.2, -0.15) is 0 Å². The zero-order valence-corrected chi connectivity index (χ0v) is 9.59. The minimum absolute atomic E-state index is 0.00752. The lowest BCUT2D eigenvalue weighted by atomic mass is 9.44. The fourth-order valence-electron chi connectivity index (χ4n) is 5.26. The van der Waals surface area contributed by atoms with Crippen molar-refractivity contribution in [1.29, 1.82) is 0 Å². The second-order valence-electron chi connectivity index (χ2n) is 6.68. The molecule has 2 atom stereocenters. The van der Waals surface area contributed by atoms with Crippen LogP contribution in [-0.4, -0.2) is 12.3 Å². The smallest absolute Gasteiger partial charge is 0.152 e. The van der Waals surface area contributed by atoms with Crippen LogP contribution in [-0.2, 0) is 4.79 Å². The fourth-order valence-corrected chi connectivity index (χ4v) is 5.26. The lowest BCUT2D eigenvalue weighted by Gasteiger charge is -2.60. The lowest BCUT2D eigenvalue weighted by molar-refractivity contribution is -0.151. The van der Waals surface area contributed by atoms with E-state index in [1.165, 1.54) is 19.3 Å². The first kappa shape index (κ1) is 9.83. The first-order valence-electron chi connectivity index (χ1n) is 6.29. The monoisotopic (exact) mass is 207 g/mol. The molecule has 0 aromatic heterocycles. The van der Waals surface area contributed by atoms with E-state index in [0.717, 1.165) is 31.1 Å². The summed E-state index contributed by atoms with van der Waals surface area (Å²) in [4.78, 5) is 12.1. The zero-order valence-electron chi connectivity index (χ0n) is 9.59. The molecule has 0 spiro atoms. The summed E-state index contributed by atoms with van der Waals surface area (Å²) < 4.78 is 0. The maximum atomic E-state index is 12.1. The normalized spacial score (nSPS) is 52.1. The van der Waals surface area contributed by atoms with Crippen molar-refractivity contribution in [3.05, 3.63) is 0 Å². The van der Waals surface area contributed by atoms with Gasteiger partial charge in [0.15, 0.2) is 5.78 Å². The van der Waals surface area contributed by atoms with Crippen molar-refractivity contribution in [2.24, 2.45) is 28.4 Å². The predicted molar refractivity (Wildman–Crippen MR) is 59.3 cm³/mol. The molecule has 2 heteroatoms. The molecule has 84 valence electrons. The summed E-state index contributed by atoms with van der Waals surface area (Å²) in [5.74, 6) is 2.00. The number of carbonyl (C=O) groups is 1. The molecule has 2 unspecified atom stereocenters. The Kier molecular flexibility index (Phi) is 1.87. The summed E-state index contributed by atoms with van der Waals surface area (Å²) in [7, 11) is 0. The van der Waals surface area contributed by atoms with Crippen LogP contribution >= 0.6 is 0 Å². The van der Waals surface area contributed by atoms with Gasteiger partial charge >= 0.3 is 0 Å². The average Bonchev–Trinajstić information content (AvgIpc) is 2.12. The van der Waals surface area contributed by atoms with Gasteiger partial charge in [-0.25, -0.2) is 0 Å². The highest BCUT2D eigenvalue weighted by atomic mass is 16.1. The van der Waals surface area contributed by atoms with Gasteiger partial charge in [-0.1, -0.05) is 6.92 Å². The van der Waals surface area contributed by atoms with Crippen molar-refractivity contribution >= 4 is 5.78 Å². The second kappa shape index (κ2) is 2.85. The Morgan fingerprint density at radius 1 is 1.27 bits per heavy atom. The molecule has 15 heavy (non-hydrogen) atoms. The van der Waals surface area contributed by atoms with Crippen LogP contribution in [0, 0.1) is 22.7 Å². The Bertz CT molecular complexity index is 296. The molecule has 4 aliphatic carbocycles. The van der Waals surface area contributed by atoms with E-state index in [1.54, 1.807) is 0 Å². The number of carbonyl (C=O) groups excluding carboxylic acids is 1. The number of hydrogen-bond donors (Lipinski definition) is 1. The maximum absolute atomic E-state index is 12.1. The Morgan fingerprint density at radius 2 is 1.87 bits per heavy atom. The molecule has 4 saturated carbocycles. The van der Waals surface area contributed by atoms with Crippen LogP contribution in [0.2, 0.25) is 0 Å². The van der Waals surface area contributed by atoms with Gasteiger partial charge in [-0.05, 0) is 55.8 Å². The standard InChI is InChI=1S/C13H21NO/c1-12-3-9-2-10(4-12)6-13(5-9,8-12)11(15)7-14/h9-10H,2-8,14H2,1H3. The largest absolute Gasteiger partial charge is 0.324 e. The molecule has 0 aromatic carbocycles. The topological polar surface area (TPSA) is 43.1 Å². The first-order chi connectivity index (χ1) is 7.05. The Morgan fingerprint density at radius 3 is 2.33 bits per heavy atom. The van der Waals surface area contributed by atoms with Gasteiger partial charge in [0.05, 0.1) is 6.54 Å². The average molecular weight is 207 g/mol. The lowest BCUT2D eigenvalue weighted by Crippen LogP contribution is -2.55. The highest BCUT2D eigenvalue weighted by Gasteiger charge is 2.58. The van der Waals surface area contributed by atoms with E-state index in [0.29, 0.717) is 11.2 Å². The molecule has 4 rings (SSSR count). The number of ketones is 1. The highest BCUT2D eigenvalue weighted by Crippen LogP contribution is 2.65. The molecule has 0 aromatic rings. The van der Waals surface area contributed by atoms with Crippen molar-refractivity contribution < 1.29 is 4.79 Å². The van der Waals surface area contributed by atoms with Gasteiger partial charge in [0, 0.05) is 5.41 Å². The number of hydrogen-bond acceptors (Lipinski definition) is 2. The number of nitrogens with two attached hydrogens (primary N) is 1. The third-order valence-electron chi connectivity index (χ3n) is 5.13. The van der Waals surface area contributed by atoms with Crippen molar-refractivity contribution in [2.75, 3.05) is 6.54 Å². The minimum atomic E-state index is 0.00752. The Labute approximate surface area is 91.6 Å². The van der Waals surface area contributed by atoms with Crippen LogP contribution in [0.25, 0.3) is 0 Å². The Hall–Kier alpha value is -0.370. The van der Waals surface area contributed by atoms with Crippen LogP contribution in [0.4, 0.5) is 0 Å². The summed E-state index contributed by atoms with van der Waals surface area (Å²) in [6.45, 7) is 2.65. The molecule has 0 radical (unpaired) electrons. The summed E-state index contributed by atoms with van der Waals surface area (Å²) >= 11 is 0. The predicted octanol–water partition coefficient (Wildman–Crippen LogP) is 2.12. The molecule has 0 amide bonds. The third kappa shape index (κ3) is 1.30. The van der Waals surface area contributed by atoms with Crippen molar-refractivity contribution in [3.8, 4) is 0 Å². The van der Waals surface area contributed by atoms with Crippen LogP contribution in [0.5, 0.6) is 0 Å². The quantitative estimate of drug-likeness (QED) is 0.753. The van der Waals surface area contributed by atoms with Crippen molar-refractivity contribution in [1.82, 2.24) is 0 Å². The molecule has 4 aliphatic rings. The van der Waals surface area contributed by atoms with Gasteiger partial charge in [0.25, 0.3) is 0 Å². The van der Waals surface area contributed by atoms with Gasteiger partial charge < -0.3 is 5.73 Å². The zero-order chi connectivity index (χ0) is 10.7. The van der Waals surface area contributed by atoms with E-state index in [9.17, 15) is 4.79 Å². The van der Waals surface area contributed by atoms with E-state index in [4.69, 9.17) is 5.73 Å². The second-order valence-corrected chi connectivity index (χ2v) is 6.68. The molecule has 4 bridgehead atoms. The van der Waals surface area contributed by atoms with Crippen LogP contribution in [0.1, 0.15) is 45.4 Å². The molecular weight excluding hydrogens is 186 g/mol. The van der Waals surface area contributed by atoms with E-state index < -0.39 is 0 Å². The van der Waals surface area contributed by atoms with Crippen LogP contribution in [0.3, 0.4) is 0 Å².